The summed E-state index contributed by atoms with van der Waals surface area (Å²) in [6, 6.07) is 16.8. The third-order valence-corrected chi connectivity index (χ3v) is 3.99. The van der Waals surface area contributed by atoms with Crippen LogP contribution in [0.1, 0.15) is 10.4 Å². The van der Waals surface area contributed by atoms with Gasteiger partial charge in [-0.25, -0.2) is 4.79 Å². The van der Waals surface area contributed by atoms with Crippen LogP contribution in [0.5, 0.6) is 11.5 Å². The van der Waals surface area contributed by atoms with Crippen LogP contribution in [0.25, 0.3) is 21.9 Å². The number of hydrogen-bond donors (Lipinski definition) is 1. The number of carboxylic acid groups (broad SMARTS) is 1. The summed E-state index contributed by atoms with van der Waals surface area (Å²) in [5, 5.41) is 11.1. The van der Waals surface area contributed by atoms with Crippen LogP contribution in [0, 0.1) is 0 Å². The first-order valence-electron chi connectivity index (χ1n) is 7.39. The number of carbonyl (C=O) groups is 1. The Morgan fingerprint density at radius 2 is 1.70 bits per heavy atom. The molecule has 4 heteroatoms. The van der Waals surface area contributed by atoms with Crippen LogP contribution < -0.4 is 9.47 Å². The van der Waals surface area contributed by atoms with Crippen molar-refractivity contribution in [2.45, 2.75) is 0 Å². The SMILES string of the molecule is O=C(O)c1ccc2cccc(-c3cccc4c3OCCO4)c2c1. The topological polar surface area (TPSA) is 55.8 Å². The van der Waals surface area contributed by atoms with Crippen LogP contribution in [-0.4, -0.2) is 24.3 Å². The predicted molar refractivity (Wildman–Crippen MR) is 87.3 cm³/mol. The number of aromatic carboxylic acids is 1. The normalized spacial score (nSPS) is 13.0. The van der Waals surface area contributed by atoms with Crippen molar-refractivity contribution < 1.29 is 19.4 Å². The fraction of sp³-hybridized carbons (Fsp3) is 0.105. The molecule has 0 radical (unpaired) electrons. The minimum atomic E-state index is -0.934. The number of para-hydroxylation sites is 1. The second-order valence-electron chi connectivity index (χ2n) is 5.38. The summed E-state index contributed by atoms with van der Waals surface area (Å²) in [6.07, 6.45) is 0. The first-order valence-corrected chi connectivity index (χ1v) is 7.39. The molecule has 1 heterocycles. The average Bonchev–Trinajstić information content (AvgIpc) is 2.60. The Bertz CT molecular complexity index is 914. The molecule has 4 rings (SSSR count). The Morgan fingerprint density at radius 3 is 2.57 bits per heavy atom. The van der Waals surface area contributed by atoms with Gasteiger partial charge in [0, 0.05) is 5.56 Å². The third-order valence-electron chi connectivity index (χ3n) is 3.99. The van der Waals surface area contributed by atoms with Gasteiger partial charge < -0.3 is 14.6 Å². The Hall–Kier alpha value is -3.01. The van der Waals surface area contributed by atoms with Gasteiger partial charge in [-0.2, -0.15) is 0 Å². The molecule has 1 aliphatic rings. The lowest BCUT2D eigenvalue weighted by Crippen LogP contribution is -2.15. The first-order chi connectivity index (χ1) is 11.2. The van der Waals surface area contributed by atoms with Crippen LogP contribution in [0.2, 0.25) is 0 Å². The molecule has 0 aliphatic carbocycles. The number of ether oxygens (including phenoxy) is 2. The molecule has 0 amide bonds. The number of benzene rings is 3. The van der Waals surface area contributed by atoms with Gasteiger partial charge >= 0.3 is 5.97 Å². The minimum absolute atomic E-state index is 0.270. The van der Waals surface area contributed by atoms with Gasteiger partial charge in [-0.1, -0.05) is 36.4 Å². The summed E-state index contributed by atoms with van der Waals surface area (Å²) in [6.45, 7) is 1.05. The van der Waals surface area contributed by atoms with Crippen molar-refractivity contribution in [3.63, 3.8) is 0 Å². The Balaban J connectivity index is 1.99. The van der Waals surface area contributed by atoms with E-state index in [1.54, 1.807) is 12.1 Å². The summed E-state index contributed by atoms with van der Waals surface area (Å²) in [7, 11) is 0. The molecule has 0 saturated carbocycles. The largest absolute Gasteiger partial charge is 0.486 e. The highest BCUT2D eigenvalue weighted by Crippen LogP contribution is 2.42. The predicted octanol–water partition coefficient (Wildman–Crippen LogP) is 3.98. The highest BCUT2D eigenvalue weighted by molar-refractivity contribution is 6.02. The zero-order valence-electron chi connectivity index (χ0n) is 12.3. The summed E-state index contributed by atoms with van der Waals surface area (Å²) in [5.41, 5.74) is 2.12. The maximum absolute atomic E-state index is 11.3. The second kappa shape index (κ2) is 5.32. The van der Waals surface area contributed by atoms with Crippen molar-refractivity contribution >= 4 is 16.7 Å². The fourth-order valence-electron chi connectivity index (χ4n) is 2.93. The van der Waals surface area contributed by atoms with Gasteiger partial charge in [0.15, 0.2) is 11.5 Å². The van der Waals surface area contributed by atoms with Gasteiger partial charge in [0.25, 0.3) is 0 Å². The molecule has 0 fully saturated rings. The molecule has 4 nitrogen and oxygen atoms in total. The Kier molecular flexibility index (Phi) is 3.15. The smallest absolute Gasteiger partial charge is 0.335 e. The van der Waals surface area contributed by atoms with Gasteiger partial charge in [-0.3, -0.25) is 0 Å². The molecule has 0 spiro atoms. The van der Waals surface area contributed by atoms with Crippen LogP contribution in [0.3, 0.4) is 0 Å². The maximum Gasteiger partial charge on any atom is 0.335 e. The van der Waals surface area contributed by atoms with Crippen LogP contribution >= 0.6 is 0 Å². The summed E-state index contributed by atoms with van der Waals surface area (Å²) < 4.78 is 11.4. The molecular weight excluding hydrogens is 292 g/mol. The van der Waals surface area contributed by atoms with Crippen LogP contribution in [0.15, 0.2) is 54.6 Å². The van der Waals surface area contributed by atoms with E-state index in [2.05, 4.69) is 0 Å². The van der Waals surface area contributed by atoms with E-state index < -0.39 is 5.97 Å². The molecule has 3 aromatic carbocycles. The summed E-state index contributed by atoms with van der Waals surface area (Å²) >= 11 is 0. The number of hydrogen-bond acceptors (Lipinski definition) is 3. The lowest BCUT2D eigenvalue weighted by atomic mass is 9.96. The molecular formula is C19H14O4. The minimum Gasteiger partial charge on any atom is -0.486 e. The van der Waals surface area contributed by atoms with E-state index in [-0.39, 0.29) is 5.56 Å². The van der Waals surface area contributed by atoms with Crippen molar-refractivity contribution in [1.82, 2.24) is 0 Å². The van der Waals surface area contributed by atoms with Crippen LogP contribution in [0.4, 0.5) is 0 Å². The molecule has 23 heavy (non-hydrogen) atoms. The maximum atomic E-state index is 11.3. The average molecular weight is 306 g/mol. The van der Waals surface area contributed by atoms with Crippen molar-refractivity contribution in [3.8, 4) is 22.6 Å². The molecule has 0 unspecified atom stereocenters. The standard InChI is InChI=1S/C19H14O4/c20-19(21)13-8-7-12-3-1-4-14(16(12)11-13)15-5-2-6-17-18(15)23-10-9-22-17/h1-8,11H,9-10H2,(H,20,21). The monoisotopic (exact) mass is 306 g/mol. The zero-order valence-corrected chi connectivity index (χ0v) is 12.3. The number of fused-ring (bicyclic) bond motifs is 2. The van der Waals surface area contributed by atoms with Crippen LogP contribution in [-0.2, 0) is 0 Å². The quantitative estimate of drug-likeness (QED) is 0.778. The number of rotatable bonds is 2. The van der Waals surface area contributed by atoms with E-state index in [0.717, 1.165) is 27.6 Å². The summed E-state index contributed by atoms with van der Waals surface area (Å²) in [4.78, 5) is 11.3. The molecule has 114 valence electrons. The molecule has 0 bridgehead atoms. The lowest BCUT2D eigenvalue weighted by molar-refractivity contribution is 0.0697. The molecule has 0 saturated heterocycles. The Morgan fingerprint density at radius 1 is 0.913 bits per heavy atom. The molecule has 3 aromatic rings. The van der Waals surface area contributed by atoms with E-state index in [1.807, 2.05) is 42.5 Å². The Labute approximate surface area is 132 Å². The van der Waals surface area contributed by atoms with Gasteiger partial charge in [-0.05, 0) is 34.5 Å². The zero-order chi connectivity index (χ0) is 15.8. The third kappa shape index (κ3) is 2.28. The van der Waals surface area contributed by atoms with Crippen molar-refractivity contribution in [3.05, 3.63) is 60.2 Å². The molecule has 0 atom stereocenters. The molecule has 1 N–H and O–H groups in total. The van der Waals surface area contributed by atoms with E-state index in [9.17, 15) is 9.90 Å². The highest BCUT2D eigenvalue weighted by atomic mass is 16.6. The molecule has 1 aliphatic heterocycles. The van der Waals surface area contributed by atoms with Gasteiger partial charge in [0.1, 0.15) is 13.2 Å². The summed E-state index contributed by atoms with van der Waals surface area (Å²) in [5.74, 6) is 0.503. The van der Waals surface area contributed by atoms with Crippen molar-refractivity contribution in [2.24, 2.45) is 0 Å². The van der Waals surface area contributed by atoms with E-state index in [1.165, 1.54) is 0 Å². The van der Waals surface area contributed by atoms with Gasteiger partial charge in [0.05, 0.1) is 5.56 Å². The molecule has 0 aromatic heterocycles. The van der Waals surface area contributed by atoms with E-state index >= 15 is 0 Å². The van der Waals surface area contributed by atoms with Crippen molar-refractivity contribution in [1.29, 1.82) is 0 Å². The van der Waals surface area contributed by atoms with Gasteiger partial charge in [-0.15, -0.1) is 0 Å². The fourth-order valence-corrected chi connectivity index (χ4v) is 2.93. The highest BCUT2D eigenvalue weighted by Gasteiger charge is 2.18. The number of carboxylic acids is 1. The second-order valence-corrected chi connectivity index (χ2v) is 5.38. The van der Waals surface area contributed by atoms with E-state index in [4.69, 9.17) is 9.47 Å². The lowest BCUT2D eigenvalue weighted by Gasteiger charge is -2.21. The van der Waals surface area contributed by atoms with E-state index in [0.29, 0.717) is 19.0 Å². The first kappa shape index (κ1) is 13.6. The van der Waals surface area contributed by atoms with Crippen molar-refractivity contribution in [2.75, 3.05) is 13.2 Å². The van der Waals surface area contributed by atoms with Gasteiger partial charge in [0.2, 0.25) is 0 Å².